The van der Waals surface area contributed by atoms with Crippen LogP contribution in [0.15, 0.2) is 0 Å². The zero-order valence-electron chi connectivity index (χ0n) is 11.8. The minimum atomic E-state index is 0.635. The lowest BCUT2D eigenvalue weighted by atomic mass is 9.83. The van der Waals surface area contributed by atoms with Crippen LogP contribution in [0.1, 0.15) is 46.5 Å². The number of rotatable bonds is 6. The minimum Gasteiger partial charge on any atom is -0.330 e. The molecule has 3 N–H and O–H groups in total. The van der Waals surface area contributed by atoms with E-state index in [9.17, 15) is 0 Å². The Morgan fingerprint density at radius 1 is 1.18 bits per heavy atom. The van der Waals surface area contributed by atoms with Gasteiger partial charge in [0.2, 0.25) is 0 Å². The molecule has 0 aliphatic heterocycles. The van der Waals surface area contributed by atoms with Crippen molar-refractivity contribution >= 4 is 0 Å². The first-order valence-electron chi connectivity index (χ1n) is 7.55. The maximum atomic E-state index is 5.83. The van der Waals surface area contributed by atoms with Gasteiger partial charge in [0.15, 0.2) is 0 Å². The molecule has 2 aliphatic rings. The van der Waals surface area contributed by atoms with Crippen LogP contribution < -0.4 is 11.1 Å². The molecule has 5 atom stereocenters. The lowest BCUT2D eigenvalue weighted by molar-refractivity contribution is 0.243. The van der Waals surface area contributed by atoms with E-state index in [1.54, 1.807) is 0 Å². The molecule has 100 valence electrons. The van der Waals surface area contributed by atoms with Crippen LogP contribution >= 0.6 is 0 Å². The smallest absolute Gasteiger partial charge is 0.00698 e. The third-order valence-corrected chi connectivity index (χ3v) is 5.38. The monoisotopic (exact) mass is 238 g/mol. The summed E-state index contributed by atoms with van der Waals surface area (Å²) in [6, 6.07) is 0.693. The summed E-state index contributed by atoms with van der Waals surface area (Å²) in [5.41, 5.74) is 5.83. The Labute approximate surface area is 107 Å². The van der Waals surface area contributed by atoms with Gasteiger partial charge in [-0.2, -0.15) is 0 Å². The summed E-state index contributed by atoms with van der Waals surface area (Å²) in [5, 5.41) is 3.76. The van der Waals surface area contributed by atoms with E-state index < -0.39 is 0 Å². The van der Waals surface area contributed by atoms with E-state index in [1.165, 1.54) is 25.7 Å². The van der Waals surface area contributed by atoms with Crippen LogP contribution in [0.5, 0.6) is 0 Å². The molecule has 2 bridgehead atoms. The fourth-order valence-corrected chi connectivity index (χ4v) is 3.99. The Kier molecular flexibility index (Phi) is 4.48. The van der Waals surface area contributed by atoms with Crippen LogP contribution in [0.25, 0.3) is 0 Å². The number of hydrogen-bond acceptors (Lipinski definition) is 2. The molecule has 0 heterocycles. The van der Waals surface area contributed by atoms with Gasteiger partial charge in [-0.05, 0) is 68.9 Å². The third-order valence-electron chi connectivity index (χ3n) is 5.38. The Morgan fingerprint density at radius 2 is 1.94 bits per heavy atom. The van der Waals surface area contributed by atoms with Crippen molar-refractivity contribution in [3.8, 4) is 0 Å². The van der Waals surface area contributed by atoms with Crippen LogP contribution in [0.2, 0.25) is 0 Å². The van der Waals surface area contributed by atoms with Gasteiger partial charge in [0.25, 0.3) is 0 Å². The molecule has 2 saturated carbocycles. The van der Waals surface area contributed by atoms with Crippen molar-refractivity contribution in [2.75, 3.05) is 13.1 Å². The van der Waals surface area contributed by atoms with Crippen LogP contribution in [-0.2, 0) is 0 Å². The lowest BCUT2D eigenvalue weighted by Crippen LogP contribution is -2.41. The Hall–Kier alpha value is -0.0800. The molecule has 2 nitrogen and oxygen atoms in total. The SMILES string of the molecule is CC(C)C(CN)CNC(C)C1CC2CCC1C2. The van der Waals surface area contributed by atoms with E-state index in [2.05, 4.69) is 26.1 Å². The molecular weight excluding hydrogens is 208 g/mol. The van der Waals surface area contributed by atoms with E-state index in [0.29, 0.717) is 17.9 Å². The van der Waals surface area contributed by atoms with Gasteiger partial charge in [-0.3, -0.25) is 0 Å². The first-order chi connectivity index (χ1) is 8.11. The summed E-state index contributed by atoms with van der Waals surface area (Å²) in [6.45, 7) is 8.86. The third kappa shape index (κ3) is 3.03. The van der Waals surface area contributed by atoms with Gasteiger partial charge in [0, 0.05) is 6.04 Å². The summed E-state index contributed by atoms with van der Waals surface area (Å²) in [5.74, 6) is 4.36. The minimum absolute atomic E-state index is 0.635. The van der Waals surface area contributed by atoms with Crippen molar-refractivity contribution in [3.63, 3.8) is 0 Å². The van der Waals surface area contributed by atoms with Gasteiger partial charge in [0.1, 0.15) is 0 Å². The molecule has 0 amide bonds. The van der Waals surface area contributed by atoms with Gasteiger partial charge in [-0.15, -0.1) is 0 Å². The molecule has 0 radical (unpaired) electrons. The highest BCUT2D eigenvalue weighted by Gasteiger charge is 2.41. The van der Waals surface area contributed by atoms with Crippen molar-refractivity contribution in [1.29, 1.82) is 0 Å². The average Bonchev–Trinajstić information content (AvgIpc) is 2.90. The van der Waals surface area contributed by atoms with E-state index in [-0.39, 0.29) is 0 Å². The molecule has 2 aliphatic carbocycles. The Bertz CT molecular complexity index is 239. The zero-order valence-corrected chi connectivity index (χ0v) is 11.8. The van der Waals surface area contributed by atoms with Crippen molar-refractivity contribution < 1.29 is 0 Å². The predicted molar refractivity (Wildman–Crippen MR) is 73.8 cm³/mol. The standard InChI is InChI=1S/C15H30N2/c1-10(2)14(8-16)9-17-11(3)15-7-12-4-5-13(15)6-12/h10-15,17H,4-9,16H2,1-3H3. The first-order valence-corrected chi connectivity index (χ1v) is 7.55. The van der Waals surface area contributed by atoms with E-state index >= 15 is 0 Å². The second-order valence-corrected chi connectivity index (χ2v) is 6.78. The van der Waals surface area contributed by atoms with Gasteiger partial charge in [0.05, 0.1) is 0 Å². The largest absolute Gasteiger partial charge is 0.330 e. The van der Waals surface area contributed by atoms with Crippen LogP contribution in [0, 0.1) is 29.6 Å². The maximum absolute atomic E-state index is 5.83. The summed E-state index contributed by atoms with van der Waals surface area (Å²) in [6.07, 6.45) is 5.99. The molecule has 5 unspecified atom stereocenters. The molecule has 0 saturated heterocycles. The molecule has 0 aromatic heterocycles. The summed E-state index contributed by atoms with van der Waals surface area (Å²) < 4.78 is 0. The average molecular weight is 238 g/mol. The second-order valence-electron chi connectivity index (χ2n) is 6.78. The van der Waals surface area contributed by atoms with Crippen molar-refractivity contribution in [2.45, 2.75) is 52.5 Å². The molecule has 2 rings (SSSR count). The van der Waals surface area contributed by atoms with Crippen molar-refractivity contribution in [3.05, 3.63) is 0 Å². The Morgan fingerprint density at radius 3 is 2.41 bits per heavy atom. The fourth-order valence-electron chi connectivity index (χ4n) is 3.99. The maximum Gasteiger partial charge on any atom is 0.00698 e. The number of fused-ring (bicyclic) bond motifs is 2. The molecule has 17 heavy (non-hydrogen) atoms. The quantitative estimate of drug-likeness (QED) is 0.746. The molecule has 0 aromatic carbocycles. The molecule has 0 aromatic rings. The van der Waals surface area contributed by atoms with Gasteiger partial charge >= 0.3 is 0 Å². The van der Waals surface area contributed by atoms with E-state index in [0.717, 1.165) is 30.8 Å². The predicted octanol–water partition coefficient (Wildman–Crippen LogP) is 2.63. The van der Waals surface area contributed by atoms with E-state index in [4.69, 9.17) is 5.73 Å². The highest BCUT2D eigenvalue weighted by molar-refractivity contribution is 4.94. The number of hydrogen-bond donors (Lipinski definition) is 2. The van der Waals surface area contributed by atoms with Gasteiger partial charge < -0.3 is 11.1 Å². The topological polar surface area (TPSA) is 38.0 Å². The second kappa shape index (κ2) is 5.71. The van der Waals surface area contributed by atoms with Gasteiger partial charge in [-0.1, -0.05) is 20.3 Å². The van der Waals surface area contributed by atoms with E-state index in [1.807, 2.05) is 0 Å². The zero-order chi connectivity index (χ0) is 12.4. The van der Waals surface area contributed by atoms with Crippen LogP contribution in [0.4, 0.5) is 0 Å². The van der Waals surface area contributed by atoms with Crippen LogP contribution in [0.3, 0.4) is 0 Å². The molecule has 0 spiro atoms. The number of nitrogens with one attached hydrogen (secondary N) is 1. The van der Waals surface area contributed by atoms with Crippen molar-refractivity contribution in [1.82, 2.24) is 5.32 Å². The lowest BCUT2D eigenvalue weighted by Gasteiger charge is -2.30. The van der Waals surface area contributed by atoms with Crippen molar-refractivity contribution in [2.24, 2.45) is 35.3 Å². The van der Waals surface area contributed by atoms with Gasteiger partial charge in [-0.25, -0.2) is 0 Å². The summed E-state index contributed by atoms with van der Waals surface area (Å²) in [4.78, 5) is 0. The highest BCUT2D eigenvalue weighted by Crippen LogP contribution is 2.49. The normalized spacial score (nSPS) is 35.5. The summed E-state index contributed by atoms with van der Waals surface area (Å²) in [7, 11) is 0. The first kappa shape index (κ1) is 13.4. The summed E-state index contributed by atoms with van der Waals surface area (Å²) >= 11 is 0. The highest BCUT2D eigenvalue weighted by atomic mass is 14.9. The molecule has 2 fully saturated rings. The van der Waals surface area contributed by atoms with Crippen LogP contribution in [-0.4, -0.2) is 19.1 Å². The number of nitrogens with two attached hydrogens (primary N) is 1. The Balaban J connectivity index is 1.75. The molecular formula is C15H30N2. The fraction of sp³-hybridized carbons (Fsp3) is 1.00. The molecule has 2 heteroatoms.